The molecule has 1 saturated heterocycles. The summed E-state index contributed by atoms with van der Waals surface area (Å²) in [7, 11) is 0. The van der Waals surface area contributed by atoms with Crippen LogP contribution < -0.4 is 5.32 Å². The van der Waals surface area contributed by atoms with Gasteiger partial charge in [-0.1, -0.05) is 25.1 Å². The Morgan fingerprint density at radius 2 is 2.32 bits per heavy atom. The van der Waals surface area contributed by atoms with Gasteiger partial charge in [0.15, 0.2) is 0 Å². The van der Waals surface area contributed by atoms with Crippen LogP contribution in [0.15, 0.2) is 30.5 Å². The van der Waals surface area contributed by atoms with Gasteiger partial charge in [-0.15, -0.1) is 0 Å². The molecule has 1 aromatic heterocycles. The highest BCUT2D eigenvalue weighted by atomic mass is 14.9. The van der Waals surface area contributed by atoms with Crippen molar-refractivity contribution in [2.45, 2.75) is 32.6 Å². The van der Waals surface area contributed by atoms with E-state index in [4.69, 9.17) is 4.98 Å². The summed E-state index contributed by atoms with van der Waals surface area (Å²) in [6, 6.07) is 8.84. The lowest BCUT2D eigenvalue weighted by Gasteiger charge is -2.22. The highest BCUT2D eigenvalue weighted by Gasteiger charge is 2.14. The van der Waals surface area contributed by atoms with E-state index in [2.05, 4.69) is 42.7 Å². The molecule has 2 aromatic rings. The van der Waals surface area contributed by atoms with Gasteiger partial charge in [0.2, 0.25) is 0 Å². The molecule has 0 amide bonds. The summed E-state index contributed by atoms with van der Waals surface area (Å²) < 4.78 is 0. The van der Waals surface area contributed by atoms with E-state index in [-0.39, 0.29) is 0 Å². The summed E-state index contributed by atoms with van der Waals surface area (Å²) in [5.74, 6) is 0.780. The number of aromatic nitrogens is 1. The average molecular weight is 254 g/mol. The maximum atomic E-state index is 4.70. The quantitative estimate of drug-likeness (QED) is 0.908. The van der Waals surface area contributed by atoms with E-state index in [1.54, 1.807) is 0 Å². The Kier molecular flexibility index (Phi) is 3.79. The third-order valence-electron chi connectivity index (χ3n) is 4.16. The summed E-state index contributed by atoms with van der Waals surface area (Å²) in [6.45, 7) is 4.54. The van der Waals surface area contributed by atoms with Crippen molar-refractivity contribution in [3.8, 4) is 0 Å². The van der Waals surface area contributed by atoms with Crippen LogP contribution in [0.4, 0.5) is 0 Å². The Bertz CT molecular complexity index is 556. The summed E-state index contributed by atoms with van der Waals surface area (Å²) in [4.78, 5) is 4.70. The molecule has 0 spiro atoms. The highest BCUT2D eigenvalue weighted by molar-refractivity contribution is 5.82. The van der Waals surface area contributed by atoms with E-state index < -0.39 is 0 Å². The number of piperidine rings is 1. The highest BCUT2D eigenvalue weighted by Crippen LogP contribution is 2.21. The van der Waals surface area contributed by atoms with Crippen molar-refractivity contribution in [3.05, 3.63) is 41.6 Å². The van der Waals surface area contributed by atoms with Crippen LogP contribution in [0.5, 0.6) is 0 Å². The molecule has 1 atom stereocenters. The van der Waals surface area contributed by atoms with Crippen molar-refractivity contribution in [2.24, 2.45) is 5.92 Å². The van der Waals surface area contributed by atoms with Crippen molar-refractivity contribution in [1.82, 2.24) is 10.3 Å². The maximum absolute atomic E-state index is 4.70. The van der Waals surface area contributed by atoms with Crippen molar-refractivity contribution < 1.29 is 0 Å². The molecule has 3 rings (SSSR count). The van der Waals surface area contributed by atoms with E-state index in [1.165, 1.54) is 41.4 Å². The van der Waals surface area contributed by atoms with Gasteiger partial charge in [0.1, 0.15) is 0 Å². The summed E-state index contributed by atoms with van der Waals surface area (Å²) in [5, 5.41) is 4.78. The number of benzene rings is 1. The SMILES string of the molecule is CCc1cccc2cc(CC3CCCNC3)cnc12. The molecule has 0 bridgehead atoms. The van der Waals surface area contributed by atoms with Crippen LogP contribution in [-0.2, 0) is 12.8 Å². The molecule has 0 saturated carbocycles. The molecule has 1 fully saturated rings. The predicted molar refractivity (Wildman–Crippen MR) is 80.4 cm³/mol. The first-order chi connectivity index (χ1) is 9.36. The van der Waals surface area contributed by atoms with Gasteiger partial charge < -0.3 is 5.32 Å². The second-order valence-corrected chi connectivity index (χ2v) is 5.60. The largest absolute Gasteiger partial charge is 0.316 e. The minimum Gasteiger partial charge on any atom is -0.316 e. The number of para-hydroxylation sites is 1. The lowest BCUT2D eigenvalue weighted by molar-refractivity contribution is 0.376. The molecule has 2 nitrogen and oxygen atoms in total. The Morgan fingerprint density at radius 1 is 1.37 bits per heavy atom. The van der Waals surface area contributed by atoms with Crippen LogP contribution in [-0.4, -0.2) is 18.1 Å². The van der Waals surface area contributed by atoms with Crippen molar-refractivity contribution >= 4 is 10.9 Å². The van der Waals surface area contributed by atoms with Crippen LogP contribution in [0.2, 0.25) is 0 Å². The average Bonchev–Trinajstić information content (AvgIpc) is 2.47. The lowest BCUT2D eigenvalue weighted by Crippen LogP contribution is -2.30. The van der Waals surface area contributed by atoms with Gasteiger partial charge >= 0.3 is 0 Å². The van der Waals surface area contributed by atoms with E-state index in [0.29, 0.717) is 0 Å². The first kappa shape index (κ1) is 12.6. The molecule has 2 heteroatoms. The molecular weight excluding hydrogens is 232 g/mol. The number of hydrogen-bond donors (Lipinski definition) is 1. The normalized spacial score (nSPS) is 19.7. The number of aryl methyl sites for hydroxylation is 1. The molecule has 1 aliphatic rings. The van der Waals surface area contributed by atoms with Crippen LogP contribution in [0.25, 0.3) is 10.9 Å². The molecular formula is C17H22N2. The molecule has 1 N–H and O–H groups in total. The first-order valence-corrected chi connectivity index (χ1v) is 7.44. The second-order valence-electron chi connectivity index (χ2n) is 5.60. The third kappa shape index (κ3) is 2.79. The zero-order valence-electron chi connectivity index (χ0n) is 11.7. The Balaban J connectivity index is 1.85. The van der Waals surface area contributed by atoms with Gasteiger partial charge in [0.05, 0.1) is 5.52 Å². The van der Waals surface area contributed by atoms with Gasteiger partial charge in [0.25, 0.3) is 0 Å². The lowest BCUT2D eigenvalue weighted by atomic mass is 9.92. The fraction of sp³-hybridized carbons (Fsp3) is 0.471. The first-order valence-electron chi connectivity index (χ1n) is 7.44. The van der Waals surface area contributed by atoms with Gasteiger partial charge in [0, 0.05) is 11.6 Å². The minimum absolute atomic E-state index is 0.780. The predicted octanol–water partition coefficient (Wildman–Crippen LogP) is 3.34. The zero-order valence-corrected chi connectivity index (χ0v) is 11.7. The molecule has 2 heterocycles. The number of rotatable bonds is 3. The van der Waals surface area contributed by atoms with Crippen molar-refractivity contribution in [1.29, 1.82) is 0 Å². The van der Waals surface area contributed by atoms with Gasteiger partial charge in [-0.25, -0.2) is 0 Å². The van der Waals surface area contributed by atoms with E-state index in [0.717, 1.165) is 25.3 Å². The fourth-order valence-electron chi connectivity index (χ4n) is 3.10. The Labute approximate surface area is 115 Å². The number of nitrogens with one attached hydrogen (secondary N) is 1. The molecule has 1 aliphatic heterocycles. The fourth-order valence-corrected chi connectivity index (χ4v) is 3.10. The summed E-state index contributed by atoms with van der Waals surface area (Å²) in [6.07, 6.45) is 6.95. The van der Waals surface area contributed by atoms with Gasteiger partial charge in [-0.05, 0) is 61.9 Å². The van der Waals surface area contributed by atoms with Crippen molar-refractivity contribution in [2.75, 3.05) is 13.1 Å². The van der Waals surface area contributed by atoms with Crippen LogP contribution in [0.1, 0.15) is 30.9 Å². The molecule has 1 aromatic carbocycles. The van der Waals surface area contributed by atoms with Gasteiger partial charge in [-0.3, -0.25) is 4.98 Å². The molecule has 100 valence electrons. The monoisotopic (exact) mass is 254 g/mol. The Hall–Kier alpha value is -1.41. The minimum atomic E-state index is 0.780. The van der Waals surface area contributed by atoms with Crippen molar-refractivity contribution in [3.63, 3.8) is 0 Å². The van der Waals surface area contributed by atoms with Gasteiger partial charge in [-0.2, -0.15) is 0 Å². The molecule has 0 radical (unpaired) electrons. The molecule has 19 heavy (non-hydrogen) atoms. The van der Waals surface area contributed by atoms with Crippen LogP contribution in [0, 0.1) is 5.92 Å². The topological polar surface area (TPSA) is 24.9 Å². The number of fused-ring (bicyclic) bond motifs is 1. The van der Waals surface area contributed by atoms with E-state index >= 15 is 0 Å². The second kappa shape index (κ2) is 5.70. The molecule has 0 aliphatic carbocycles. The Morgan fingerprint density at radius 3 is 3.11 bits per heavy atom. The van der Waals surface area contributed by atoms with E-state index in [9.17, 15) is 0 Å². The number of hydrogen-bond acceptors (Lipinski definition) is 2. The van der Waals surface area contributed by atoms with Crippen LogP contribution in [0.3, 0.4) is 0 Å². The van der Waals surface area contributed by atoms with E-state index in [1.807, 2.05) is 0 Å². The summed E-state index contributed by atoms with van der Waals surface area (Å²) >= 11 is 0. The van der Waals surface area contributed by atoms with Crippen LogP contribution >= 0.6 is 0 Å². The molecule has 1 unspecified atom stereocenters. The number of pyridine rings is 1. The standard InChI is InChI=1S/C17H22N2/c1-2-15-6-3-7-16-10-14(12-19-17(15)16)9-13-5-4-8-18-11-13/h3,6-7,10,12-13,18H,2,4-5,8-9,11H2,1H3. The number of nitrogens with zero attached hydrogens (tertiary/aromatic N) is 1. The smallest absolute Gasteiger partial charge is 0.0733 e. The zero-order chi connectivity index (χ0) is 13.1. The summed E-state index contributed by atoms with van der Waals surface area (Å²) in [5.41, 5.74) is 3.91. The maximum Gasteiger partial charge on any atom is 0.0733 e. The third-order valence-corrected chi connectivity index (χ3v) is 4.16.